The van der Waals surface area contributed by atoms with Crippen LogP contribution in [0.4, 0.5) is 0 Å². The second-order valence-corrected chi connectivity index (χ2v) is 5.97. The van der Waals surface area contributed by atoms with Crippen molar-refractivity contribution >= 4 is 40.3 Å². The lowest BCUT2D eigenvalue weighted by atomic mass is 10.3. The summed E-state index contributed by atoms with van der Waals surface area (Å²) in [5, 5.41) is 7.06. The van der Waals surface area contributed by atoms with Crippen LogP contribution >= 0.6 is 35.2 Å². The third-order valence-electron chi connectivity index (χ3n) is 2.32. The Labute approximate surface area is 123 Å². The first kappa shape index (κ1) is 15.7. The van der Waals surface area contributed by atoms with E-state index in [-0.39, 0.29) is 6.04 Å². The Morgan fingerprint density at radius 1 is 1.56 bits per heavy atom. The maximum atomic E-state index is 5.90. The van der Waals surface area contributed by atoms with Crippen LogP contribution in [-0.4, -0.2) is 24.9 Å². The number of nitrogens with one attached hydrogen (secondary N) is 2. The highest BCUT2D eigenvalue weighted by molar-refractivity contribution is 7.80. The molecule has 1 heterocycles. The largest absolute Gasteiger partial charge is 0.382 e. The molecule has 1 atom stereocenters. The summed E-state index contributed by atoms with van der Waals surface area (Å²) >= 11 is 12.7. The molecule has 0 amide bonds. The highest BCUT2D eigenvalue weighted by Gasteiger charge is 2.08. The molecule has 1 rings (SSSR count). The Kier molecular flexibility index (Phi) is 7.58. The molecule has 0 bridgehead atoms. The Balaban J connectivity index is 2.19. The van der Waals surface area contributed by atoms with Crippen molar-refractivity contribution in [1.82, 2.24) is 10.6 Å². The zero-order valence-electron chi connectivity index (χ0n) is 10.7. The van der Waals surface area contributed by atoms with Gasteiger partial charge in [0.05, 0.1) is 10.4 Å². The van der Waals surface area contributed by atoms with E-state index < -0.39 is 0 Å². The molecule has 0 aliphatic carbocycles. The van der Waals surface area contributed by atoms with Crippen LogP contribution in [0.15, 0.2) is 12.1 Å². The summed E-state index contributed by atoms with van der Waals surface area (Å²) in [4.78, 5) is 1.18. The van der Waals surface area contributed by atoms with Crippen molar-refractivity contribution in [3.05, 3.63) is 21.3 Å². The standard InChI is InChI=1S/C12H19ClN2OS2/c1-3-16-8-4-7-14-12(17)15-9(2)10-5-6-11(13)18-10/h5-6,9H,3-4,7-8H2,1-2H3,(H2,14,15,17). The van der Waals surface area contributed by atoms with E-state index in [1.807, 2.05) is 19.1 Å². The quantitative estimate of drug-likeness (QED) is 0.598. The van der Waals surface area contributed by atoms with E-state index >= 15 is 0 Å². The number of halogens is 1. The minimum absolute atomic E-state index is 0.175. The fourth-order valence-electron chi connectivity index (χ4n) is 1.40. The van der Waals surface area contributed by atoms with Crippen LogP contribution in [0.2, 0.25) is 4.34 Å². The van der Waals surface area contributed by atoms with Crippen LogP contribution < -0.4 is 10.6 Å². The number of rotatable bonds is 7. The van der Waals surface area contributed by atoms with E-state index in [1.165, 1.54) is 4.88 Å². The second-order valence-electron chi connectivity index (χ2n) is 3.81. The zero-order chi connectivity index (χ0) is 13.4. The lowest BCUT2D eigenvalue weighted by Crippen LogP contribution is -2.37. The minimum Gasteiger partial charge on any atom is -0.382 e. The minimum atomic E-state index is 0.175. The number of hydrogen-bond acceptors (Lipinski definition) is 3. The molecule has 6 heteroatoms. The molecule has 2 N–H and O–H groups in total. The molecule has 1 aromatic heterocycles. The maximum absolute atomic E-state index is 5.90. The maximum Gasteiger partial charge on any atom is 0.166 e. The molecule has 102 valence electrons. The van der Waals surface area contributed by atoms with Gasteiger partial charge in [-0.05, 0) is 44.6 Å². The monoisotopic (exact) mass is 306 g/mol. The van der Waals surface area contributed by atoms with Crippen LogP contribution in [0.25, 0.3) is 0 Å². The number of hydrogen-bond donors (Lipinski definition) is 2. The molecule has 3 nitrogen and oxygen atoms in total. The first-order valence-electron chi connectivity index (χ1n) is 6.00. The lowest BCUT2D eigenvalue weighted by Gasteiger charge is -2.15. The molecular formula is C12H19ClN2OS2. The van der Waals surface area contributed by atoms with Gasteiger partial charge < -0.3 is 15.4 Å². The van der Waals surface area contributed by atoms with E-state index in [0.29, 0.717) is 5.11 Å². The average molecular weight is 307 g/mol. The van der Waals surface area contributed by atoms with Gasteiger partial charge in [-0.15, -0.1) is 11.3 Å². The van der Waals surface area contributed by atoms with E-state index in [2.05, 4.69) is 17.6 Å². The van der Waals surface area contributed by atoms with E-state index in [0.717, 1.165) is 30.5 Å². The lowest BCUT2D eigenvalue weighted by molar-refractivity contribution is 0.145. The van der Waals surface area contributed by atoms with E-state index in [4.69, 9.17) is 28.6 Å². The highest BCUT2D eigenvalue weighted by atomic mass is 35.5. The Morgan fingerprint density at radius 2 is 2.33 bits per heavy atom. The van der Waals surface area contributed by atoms with Crippen LogP contribution in [-0.2, 0) is 4.74 Å². The van der Waals surface area contributed by atoms with Gasteiger partial charge >= 0.3 is 0 Å². The van der Waals surface area contributed by atoms with Gasteiger partial charge in [0.1, 0.15) is 0 Å². The molecule has 0 saturated heterocycles. The van der Waals surface area contributed by atoms with Crippen LogP contribution in [0.5, 0.6) is 0 Å². The Morgan fingerprint density at radius 3 is 2.94 bits per heavy atom. The van der Waals surface area contributed by atoms with Gasteiger partial charge in [0.15, 0.2) is 5.11 Å². The fourth-order valence-corrected chi connectivity index (χ4v) is 2.74. The van der Waals surface area contributed by atoms with Gasteiger partial charge in [-0.3, -0.25) is 0 Å². The van der Waals surface area contributed by atoms with Gasteiger partial charge in [0, 0.05) is 24.6 Å². The second kappa shape index (κ2) is 8.69. The highest BCUT2D eigenvalue weighted by Crippen LogP contribution is 2.26. The topological polar surface area (TPSA) is 33.3 Å². The smallest absolute Gasteiger partial charge is 0.166 e. The first-order chi connectivity index (χ1) is 8.63. The summed E-state index contributed by atoms with van der Waals surface area (Å²) in [6.45, 7) is 6.41. The normalized spacial score (nSPS) is 12.2. The van der Waals surface area contributed by atoms with Crippen molar-refractivity contribution in [2.24, 2.45) is 0 Å². The van der Waals surface area contributed by atoms with Crippen molar-refractivity contribution in [2.45, 2.75) is 26.3 Å². The summed E-state index contributed by atoms with van der Waals surface area (Å²) in [6.07, 6.45) is 0.953. The van der Waals surface area contributed by atoms with Crippen LogP contribution in [0.3, 0.4) is 0 Å². The summed E-state index contributed by atoms with van der Waals surface area (Å²) < 4.78 is 6.05. The third-order valence-corrected chi connectivity index (χ3v) is 4.00. The van der Waals surface area contributed by atoms with Gasteiger partial charge in [-0.1, -0.05) is 11.6 Å². The molecule has 0 saturated carbocycles. The third kappa shape index (κ3) is 6.00. The SMILES string of the molecule is CCOCCCNC(=S)NC(C)c1ccc(Cl)s1. The zero-order valence-corrected chi connectivity index (χ0v) is 13.1. The first-order valence-corrected chi connectivity index (χ1v) is 7.61. The Bertz CT molecular complexity index is 371. The molecule has 0 aliphatic heterocycles. The molecule has 1 unspecified atom stereocenters. The Hall–Kier alpha value is -0.360. The summed E-state index contributed by atoms with van der Waals surface area (Å²) in [5.41, 5.74) is 0. The van der Waals surface area contributed by atoms with Crippen molar-refractivity contribution < 1.29 is 4.74 Å². The van der Waals surface area contributed by atoms with Crippen molar-refractivity contribution in [2.75, 3.05) is 19.8 Å². The molecule has 1 aromatic rings. The predicted octanol–water partition coefficient (Wildman–Crippen LogP) is 3.35. The van der Waals surface area contributed by atoms with Crippen LogP contribution in [0, 0.1) is 0 Å². The number of ether oxygens (including phenoxy) is 1. The molecule has 0 aliphatic rings. The summed E-state index contributed by atoms with van der Waals surface area (Å²) in [7, 11) is 0. The van der Waals surface area contributed by atoms with Crippen LogP contribution in [0.1, 0.15) is 31.2 Å². The molecule has 18 heavy (non-hydrogen) atoms. The van der Waals surface area contributed by atoms with Gasteiger partial charge in [-0.25, -0.2) is 0 Å². The molecular weight excluding hydrogens is 288 g/mol. The number of thiocarbonyl (C=S) groups is 1. The summed E-state index contributed by atoms with van der Waals surface area (Å²) in [6, 6.07) is 4.09. The molecule has 0 radical (unpaired) electrons. The summed E-state index contributed by atoms with van der Waals surface area (Å²) in [5.74, 6) is 0. The van der Waals surface area contributed by atoms with Crippen molar-refractivity contribution in [3.63, 3.8) is 0 Å². The number of thiophene rings is 1. The van der Waals surface area contributed by atoms with Gasteiger partial charge in [0.2, 0.25) is 0 Å². The van der Waals surface area contributed by atoms with Gasteiger partial charge in [0.25, 0.3) is 0 Å². The predicted molar refractivity (Wildman–Crippen MR) is 82.6 cm³/mol. The van der Waals surface area contributed by atoms with Crippen molar-refractivity contribution in [3.8, 4) is 0 Å². The average Bonchev–Trinajstić information content (AvgIpc) is 2.75. The van der Waals surface area contributed by atoms with Gasteiger partial charge in [-0.2, -0.15) is 0 Å². The molecule has 0 spiro atoms. The fraction of sp³-hybridized carbons (Fsp3) is 0.583. The van der Waals surface area contributed by atoms with Crippen molar-refractivity contribution in [1.29, 1.82) is 0 Å². The van der Waals surface area contributed by atoms with E-state index in [9.17, 15) is 0 Å². The molecule has 0 fully saturated rings. The van der Waals surface area contributed by atoms with E-state index in [1.54, 1.807) is 11.3 Å². The molecule has 0 aromatic carbocycles.